The minimum Gasteiger partial charge on any atom is -0.480 e. The molecule has 0 aliphatic heterocycles. The van der Waals surface area contributed by atoms with E-state index < -0.39 is 26.3 Å². The molecule has 16 heavy (non-hydrogen) atoms. The predicted molar refractivity (Wildman–Crippen MR) is 53.1 cm³/mol. The maximum atomic E-state index is 11.8. The predicted octanol–water partition coefficient (Wildman–Crippen LogP) is -1.01. The lowest BCUT2D eigenvalue weighted by atomic mass is 10.2. The molecule has 0 aliphatic carbocycles. The Morgan fingerprint density at radius 1 is 1.50 bits per heavy atom. The van der Waals surface area contributed by atoms with Crippen LogP contribution in [0.1, 0.15) is 19.7 Å². The van der Waals surface area contributed by atoms with Crippen LogP contribution in [0.15, 0.2) is 0 Å². The molecule has 0 fully saturated rings. The van der Waals surface area contributed by atoms with Crippen LogP contribution in [0, 0.1) is 0 Å². The lowest BCUT2D eigenvalue weighted by Crippen LogP contribution is -2.41. The van der Waals surface area contributed by atoms with E-state index in [9.17, 15) is 13.2 Å². The number of rotatable bonds is 4. The number of nitrogens with zero attached hydrogens (tertiary/aromatic N) is 4. The third-order valence-corrected chi connectivity index (χ3v) is 4.53. The number of tetrazole rings is 1. The van der Waals surface area contributed by atoms with Crippen LogP contribution in [0.3, 0.4) is 0 Å². The van der Waals surface area contributed by atoms with Gasteiger partial charge in [0.1, 0.15) is 5.75 Å². The summed E-state index contributed by atoms with van der Waals surface area (Å²) in [6.45, 7) is 2.25. The number of hydrogen-bond acceptors (Lipinski definition) is 6. The summed E-state index contributed by atoms with van der Waals surface area (Å²) in [4.78, 5) is 11.9. The summed E-state index contributed by atoms with van der Waals surface area (Å²) in [7, 11) is -2.39. The molecule has 0 amide bonds. The highest BCUT2D eigenvalue weighted by atomic mass is 32.2. The van der Waals surface area contributed by atoms with Crippen LogP contribution in [0.4, 0.5) is 0 Å². The Labute approximate surface area is 92.2 Å². The Hall–Kier alpha value is -1.51. The van der Waals surface area contributed by atoms with E-state index in [1.54, 1.807) is 0 Å². The average molecular weight is 248 g/mol. The van der Waals surface area contributed by atoms with Crippen molar-refractivity contribution in [1.82, 2.24) is 20.2 Å². The quantitative estimate of drug-likeness (QED) is 0.725. The fourth-order valence-electron chi connectivity index (χ4n) is 0.865. The van der Waals surface area contributed by atoms with Crippen molar-refractivity contribution in [3.05, 3.63) is 5.82 Å². The van der Waals surface area contributed by atoms with Gasteiger partial charge in [-0.3, -0.25) is 4.79 Å². The van der Waals surface area contributed by atoms with Gasteiger partial charge in [0.05, 0.1) is 7.05 Å². The molecule has 0 spiro atoms. The Morgan fingerprint density at radius 2 is 2.06 bits per heavy atom. The third-order valence-electron chi connectivity index (χ3n) is 2.16. The lowest BCUT2D eigenvalue weighted by molar-refractivity contribution is -0.139. The Balaban J connectivity index is 3.01. The molecule has 1 aromatic heterocycles. The molecule has 90 valence electrons. The fourth-order valence-corrected chi connectivity index (χ4v) is 1.95. The van der Waals surface area contributed by atoms with Gasteiger partial charge in [-0.25, -0.2) is 8.42 Å². The molecule has 1 heterocycles. The Morgan fingerprint density at radius 3 is 2.44 bits per heavy atom. The van der Waals surface area contributed by atoms with Crippen molar-refractivity contribution in [3.63, 3.8) is 0 Å². The molecule has 9 heteroatoms. The second kappa shape index (κ2) is 3.81. The highest BCUT2D eigenvalue weighted by Crippen LogP contribution is 2.20. The van der Waals surface area contributed by atoms with Crippen molar-refractivity contribution in [2.45, 2.75) is 24.3 Å². The number of aryl methyl sites for hydroxylation is 1. The summed E-state index contributed by atoms with van der Waals surface area (Å²) in [6, 6.07) is 0. The SMILES string of the molecule is Cn1nnc(CS(=O)(=O)C(C)(C)C(=O)O)n1. The zero-order valence-corrected chi connectivity index (χ0v) is 9.89. The van der Waals surface area contributed by atoms with Crippen LogP contribution >= 0.6 is 0 Å². The number of carboxylic acids is 1. The van der Waals surface area contributed by atoms with E-state index in [4.69, 9.17) is 5.11 Å². The van der Waals surface area contributed by atoms with E-state index in [0.717, 1.165) is 18.6 Å². The number of aromatic nitrogens is 4. The molecule has 0 saturated heterocycles. The van der Waals surface area contributed by atoms with Crippen molar-refractivity contribution in [2.24, 2.45) is 7.05 Å². The van der Waals surface area contributed by atoms with Crippen LogP contribution in [-0.2, 0) is 27.4 Å². The normalized spacial score (nSPS) is 12.7. The van der Waals surface area contributed by atoms with Crippen molar-refractivity contribution < 1.29 is 18.3 Å². The summed E-state index contributed by atoms with van der Waals surface area (Å²) in [6.07, 6.45) is 0. The summed E-state index contributed by atoms with van der Waals surface area (Å²) in [5, 5.41) is 19.5. The second-order valence-electron chi connectivity index (χ2n) is 3.77. The number of carbonyl (C=O) groups is 1. The molecule has 1 N–H and O–H groups in total. The van der Waals surface area contributed by atoms with Gasteiger partial charge in [-0.2, -0.15) is 4.80 Å². The lowest BCUT2D eigenvalue weighted by Gasteiger charge is -2.18. The zero-order chi connectivity index (χ0) is 12.6. The second-order valence-corrected chi connectivity index (χ2v) is 6.31. The van der Waals surface area contributed by atoms with Crippen LogP contribution in [0.25, 0.3) is 0 Å². The van der Waals surface area contributed by atoms with Gasteiger partial charge in [0, 0.05) is 0 Å². The zero-order valence-electron chi connectivity index (χ0n) is 9.08. The number of hydrogen-bond donors (Lipinski definition) is 1. The van der Waals surface area contributed by atoms with E-state index >= 15 is 0 Å². The largest absolute Gasteiger partial charge is 0.480 e. The molecule has 0 radical (unpaired) electrons. The molecule has 1 aromatic rings. The van der Waals surface area contributed by atoms with E-state index in [1.807, 2.05) is 0 Å². The smallest absolute Gasteiger partial charge is 0.324 e. The maximum absolute atomic E-state index is 11.8. The molecule has 0 unspecified atom stereocenters. The van der Waals surface area contributed by atoms with Crippen molar-refractivity contribution in [2.75, 3.05) is 0 Å². The molecule has 0 atom stereocenters. The van der Waals surface area contributed by atoms with Gasteiger partial charge in [-0.1, -0.05) is 0 Å². The number of carboxylic acid groups (broad SMARTS) is 1. The number of sulfone groups is 1. The van der Waals surface area contributed by atoms with E-state index in [1.165, 1.54) is 7.05 Å². The van der Waals surface area contributed by atoms with Gasteiger partial charge < -0.3 is 5.11 Å². The van der Waals surface area contributed by atoms with Crippen LogP contribution < -0.4 is 0 Å². The van der Waals surface area contributed by atoms with Crippen molar-refractivity contribution >= 4 is 15.8 Å². The molecular formula is C7H12N4O4S. The number of aliphatic carboxylic acids is 1. The van der Waals surface area contributed by atoms with Gasteiger partial charge in [-0.15, -0.1) is 10.2 Å². The first-order valence-corrected chi connectivity index (χ1v) is 6.00. The van der Waals surface area contributed by atoms with Gasteiger partial charge >= 0.3 is 5.97 Å². The van der Waals surface area contributed by atoms with Crippen LogP contribution in [0.5, 0.6) is 0 Å². The molecule has 8 nitrogen and oxygen atoms in total. The van der Waals surface area contributed by atoms with Gasteiger partial charge in [0.25, 0.3) is 0 Å². The average Bonchev–Trinajstić information content (AvgIpc) is 2.49. The molecule has 0 saturated carbocycles. The van der Waals surface area contributed by atoms with Crippen molar-refractivity contribution in [3.8, 4) is 0 Å². The van der Waals surface area contributed by atoms with Crippen LogP contribution in [-0.4, -0.2) is 44.4 Å². The Kier molecular flexibility index (Phi) is 2.99. The molecule has 0 aliphatic rings. The summed E-state index contributed by atoms with van der Waals surface area (Å²) in [5.41, 5.74) is 0. The standard InChI is InChI=1S/C7H12N4O4S/c1-7(2,6(12)13)16(14,15)4-5-8-10-11(3)9-5/h4H2,1-3H3,(H,12,13). The first kappa shape index (κ1) is 12.6. The third kappa shape index (κ3) is 2.18. The van der Waals surface area contributed by atoms with E-state index in [0.29, 0.717) is 0 Å². The molecule has 0 bridgehead atoms. The first-order valence-electron chi connectivity index (χ1n) is 4.35. The topological polar surface area (TPSA) is 115 Å². The van der Waals surface area contributed by atoms with E-state index in [2.05, 4.69) is 15.4 Å². The highest BCUT2D eigenvalue weighted by molar-refractivity contribution is 7.92. The molecule has 0 aromatic carbocycles. The Bertz CT molecular complexity index is 504. The van der Waals surface area contributed by atoms with Crippen LogP contribution in [0.2, 0.25) is 0 Å². The fraction of sp³-hybridized carbons (Fsp3) is 0.714. The summed E-state index contributed by atoms with van der Waals surface area (Å²) >= 11 is 0. The first-order chi connectivity index (χ1) is 7.17. The van der Waals surface area contributed by atoms with Gasteiger partial charge in [0.2, 0.25) is 0 Å². The monoisotopic (exact) mass is 248 g/mol. The van der Waals surface area contributed by atoms with Gasteiger partial charge in [0.15, 0.2) is 20.4 Å². The van der Waals surface area contributed by atoms with Gasteiger partial charge in [-0.05, 0) is 19.1 Å². The maximum Gasteiger partial charge on any atom is 0.324 e. The minimum atomic E-state index is -3.88. The summed E-state index contributed by atoms with van der Waals surface area (Å²) in [5.74, 6) is -1.96. The van der Waals surface area contributed by atoms with Crippen molar-refractivity contribution in [1.29, 1.82) is 0 Å². The highest BCUT2D eigenvalue weighted by Gasteiger charge is 2.42. The molecular weight excluding hydrogens is 236 g/mol. The van der Waals surface area contributed by atoms with E-state index in [-0.39, 0.29) is 5.82 Å². The molecule has 1 rings (SSSR count). The minimum absolute atomic E-state index is 0.0168. The summed E-state index contributed by atoms with van der Waals surface area (Å²) < 4.78 is 21.7.